The van der Waals surface area contributed by atoms with Crippen LogP contribution in [0.2, 0.25) is 0 Å². The van der Waals surface area contributed by atoms with E-state index < -0.39 is 0 Å². The number of nitrogens with zero attached hydrogens (tertiary/aromatic N) is 6. The van der Waals surface area contributed by atoms with Crippen molar-refractivity contribution in [1.82, 2.24) is 34.7 Å². The van der Waals surface area contributed by atoms with Crippen LogP contribution in [0.1, 0.15) is 42.9 Å². The number of aromatic amines is 1. The zero-order valence-corrected chi connectivity index (χ0v) is 21.1. The van der Waals surface area contributed by atoms with Crippen LogP contribution in [0.5, 0.6) is 5.88 Å². The van der Waals surface area contributed by atoms with Crippen molar-refractivity contribution in [3.8, 4) is 17.0 Å². The van der Waals surface area contributed by atoms with Gasteiger partial charge in [-0.2, -0.15) is 15.3 Å². The molecule has 1 atom stereocenters. The summed E-state index contributed by atoms with van der Waals surface area (Å²) in [5, 5.41) is 18.2. The number of fused-ring (bicyclic) bond motifs is 4. The molecule has 0 spiro atoms. The molecule has 0 fully saturated rings. The van der Waals surface area contributed by atoms with Crippen molar-refractivity contribution in [2.45, 2.75) is 46.1 Å². The fourth-order valence-electron chi connectivity index (χ4n) is 4.81. The lowest BCUT2D eigenvalue weighted by atomic mass is 10.0. The van der Waals surface area contributed by atoms with Gasteiger partial charge in [0.2, 0.25) is 5.88 Å². The molecule has 0 aliphatic carbocycles. The van der Waals surface area contributed by atoms with Crippen LogP contribution in [-0.2, 0) is 31.5 Å². The maximum atomic E-state index is 6.45. The molecule has 35 heavy (non-hydrogen) atoms. The molecule has 1 aliphatic heterocycles. The van der Waals surface area contributed by atoms with E-state index in [-0.39, 0.29) is 6.10 Å². The van der Waals surface area contributed by atoms with Crippen molar-refractivity contribution < 1.29 is 9.47 Å². The minimum Gasteiger partial charge on any atom is -0.473 e. The SMILES string of the molecule is CCCn1nc(COC)c2c1CN(C)CC(C)Oc1c(cnn1C)-c1ccc3n[nH]c(c3c1)/C=C/2. The number of benzene rings is 1. The Hall–Kier alpha value is -3.43. The first kappa shape index (κ1) is 23.3. The first-order valence-corrected chi connectivity index (χ1v) is 12.1. The summed E-state index contributed by atoms with van der Waals surface area (Å²) in [6, 6.07) is 6.25. The third-order valence-corrected chi connectivity index (χ3v) is 6.39. The molecule has 0 saturated heterocycles. The van der Waals surface area contributed by atoms with E-state index in [0.717, 1.165) is 70.9 Å². The second-order valence-corrected chi connectivity index (χ2v) is 9.28. The quantitative estimate of drug-likeness (QED) is 0.478. The molecule has 4 aromatic rings. The molecule has 184 valence electrons. The van der Waals surface area contributed by atoms with Gasteiger partial charge in [-0.1, -0.05) is 13.0 Å². The molecule has 1 N–H and O–H groups in total. The fraction of sp³-hybridized carbons (Fsp3) is 0.423. The van der Waals surface area contributed by atoms with Crippen molar-refractivity contribution in [2.24, 2.45) is 7.05 Å². The maximum Gasteiger partial charge on any atom is 0.219 e. The average Bonchev–Trinajstić information content (AvgIpc) is 3.49. The van der Waals surface area contributed by atoms with Gasteiger partial charge in [-0.15, -0.1) is 0 Å². The molecule has 3 aromatic heterocycles. The van der Waals surface area contributed by atoms with E-state index in [1.54, 1.807) is 11.8 Å². The minimum absolute atomic E-state index is 0.0347. The summed E-state index contributed by atoms with van der Waals surface area (Å²) in [5.74, 6) is 0.764. The molecule has 1 aromatic carbocycles. The van der Waals surface area contributed by atoms with Gasteiger partial charge in [0.05, 0.1) is 41.0 Å². The predicted octanol–water partition coefficient (Wildman–Crippen LogP) is 4.10. The van der Waals surface area contributed by atoms with Crippen LogP contribution < -0.4 is 4.74 Å². The summed E-state index contributed by atoms with van der Waals surface area (Å²) in [6.07, 6.45) is 7.08. The number of aryl methyl sites for hydroxylation is 2. The Labute approximate surface area is 205 Å². The second kappa shape index (κ2) is 9.67. The highest BCUT2D eigenvalue weighted by Gasteiger charge is 2.21. The Morgan fingerprint density at radius 1 is 1.23 bits per heavy atom. The molecule has 9 nitrogen and oxygen atoms in total. The number of aromatic nitrogens is 6. The van der Waals surface area contributed by atoms with Gasteiger partial charge in [-0.3, -0.25) is 14.7 Å². The first-order valence-electron chi connectivity index (χ1n) is 12.1. The largest absolute Gasteiger partial charge is 0.473 e. The van der Waals surface area contributed by atoms with Crippen LogP contribution in [0.25, 0.3) is 34.2 Å². The Kier molecular flexibility index (Phi) is 6.44. The van der Waals surface area contributed by atoms with Crippen LogP contribution in [0.4, 0.5) is 0 Å². The van der Waals surface area contributed by atoms with Gasteiger partial charge < -0.3 is 9.47 Å². The van der Waals surface area contributed by atoms with Crippen molar-refractivity contribution in [2.75, 3.05) is 20.7 Å². The third-order valence-electron chi connectivity index (χ3n) is 6.39. The number of methoxy groups -OCH3 is 1. The smallest absolute Gasteiger partial charge is 0.219 e. The van der Waals surface area contributed by atoms with Crippen molar-refractivity contribution >= 4 is 23.1 Å². The average molecular weight is 476 g/mol. The zero-order chi connectivity index (χ0) is 24.5. The summed E-state index contributed by atoms with van der Waals surface area (Å²) in [6.45, 7) is 7.09. The second-order valence-electron chi connectivity index (χ2n) is 9.28. The zero-order valence-electron chi connectivity index (χ0n) is 21.1. The normalized spacial score (nSPS) is 17.6. The van der Waals surface area contributed by atoms with Gasteiger partial charge >= 0.3 is 0 Å². The molecule has 1 aliphatic rings. The van der Waals surface area contributed by atoms with E-state index >= 15 is 0 Å². The van der Waals surface area contributed by atoms with E-state index in [4.69, 9.17) is 14.6 Å². The Morgan fingerprint density at radius 2 is 2.09 bits per heavy atom. The molecule has 4 heterocycles. The minimum atomic E-state index is -0.0347. The van der Waals surface area contributed by atoms with Gasteiger partial charge in [0.15, 0.2) is 0 Å². The Morgan fingerprint density at radius 3 is 2.89 bits per heavy atom. The van der Waals surface area contributed by atoms with Gasteiger partial charge in [-0.05, 0) is 50.2 Å². The molecular formula is C26H33N7O2. The van der Waals surface area contributed by atoms with Gasteiger partial charge in [0.25, 0.3) is 0 Å². The molecule has 1 unspecified atom stereocenters. The van der Waals surface area contributed by atoms with Crippen LogP contribution >= 0.6 is 0 Å². The fourth-order valence-corrected chi connectivity index (χ4v) is 4.81. The van der Waals surface area contributed by atoms with Gasteiger partial charge in [-0.25, -0.2) is 4.68 Å². The summed E-state index contributed by atoms with van der Waals surface area (Å²) >= 11 is 0. The third kappa shape index (κ3) is 4.49. The number of likely N-dealkylation sites (N-methyl/N-ethyl adjacent to an activating group) is 1. The monoisotopic (exact) mass is 475 g/mol. The van der Waals surface area contributed by atoms with Crippen LogP contribution in [0, 0.1) is 0 Å². The van der Waals surface area contributed by atoms with Crippen LogP contribution in [0.15, 0.2) is 24.4 Å². The summed E-state index contributed by atoms with van der Waals surface area (Å²) in [5.41, 5.74) is 7.09. The number of hydrogen-bond acceptors (Lipinski definition) is 6. The van der Waals surface area contributed by atoms with Crippen molar-refractivity contribution in [1.29, 1.82) is 0 Å². The van der Waals surface area contributed by atoms with Gasteiger partial charge in [0, 0.05) is 44.7 Å². The lowest BCUT2D eigenvalue weighted by Crippen LogP contribution is -2.32. The lowest BCUT2D eigenvalue weighted by Gasteiger charge is -2.23. The van der Waals surface area contributed by atoms with E-state index in [1.807, 2.05) is 19.3 Å². The highest BCUT2D eigenvalue weighted by Crippen LogP contribution is 2.33. The topological polar surface area (TPSA) is 86.0 Å². The van der Waals surface area contributed by atoms with Crippen LogP contribution in [0.3, 0.4) is 0 Å². The Bertz CT molecular complexity index is 1360. The molecular weight excluding hydrogens is 442 g/mol. The number of rotatable bonds is 4. The highest BCUT2D eigenvalue weighted by molar-refractivity contribution is 5.93. The molecule has 2 bridgehead atoms. The van der Waals surface area contributed by atoms with Crippen molar-refractivity contribution in [3.05, 3.63) is 47.0 Å². The molecule has 0 radical (unpaired) electrons. The Balaban J connectivity index is 1.69. The predicted molar refractivity (Wildman–Crippen MR) is 137 cm³/mol. The molecule has 0 saturated carbocycles. The first-order chi connectivity index (χ1) is 17.0. The highest BCUT2D eigenvalue weighted by atomic mass is 16.5. The summed E-state index contributed by atoms with van der Waals surface area (Å²) in [7, 11) is 5.75. The van der Waals surface area contributed by atoms with E-state index in [9.17, 15) is 0 Å². The number of ether oxygens (including phenoxy) is 2. The van der Waals surface area contributed by atoms with Crippen LogP contribution in [-0.4, -0.2) is 61.5 Å². The number of nitrogens with one attached hydrogen (secondary N) is 1. The van der Waals surface area contributed by atoms with E-state index in [0.29, 0.717) is 6.61 Å². The maximum absolute atomic E-state index is 6.45. The van der Waals surface area contributed by atoms with E-state index in [1.165, 1.54) is 5.69 Å². The summed E-state index contributed by atoms with van der Waals surface area (Å²) in [4.78, 5) is 2.28. The summed E-state index contributed by atoms with van der Waals surface area (Å²) < 4.78 is 15.9. The number of hydrogen-bond donors (Lipinski definition) is 1. The number of H-pyrrole nitrogens is 1. The lowest BCUT2D eigenvalue weighted by molar-refractivity contribution is 0.147. The molecule has 9 heteroatoms. The molecule has 0 amide bonds. The standard InChI is InChI=1S/C26H33N7O2/c1-6-11-33-25-15-31(3)14-17(2)35-26-21(13-27-32(26)4)18-7-9-22-20(12-18)23(29-28-22)10-8-19(25)24(30-33)16-34-5/h7-10,12-13,17H,6,11,14-16H2,1-5H3,(H,28,29)/b10-8+. The van der Waals surface area contributed by atoms with Crippen molar-refractivity contribution in [3.63, 3.8) is 0 Å². The molecule has 5 rings (SSSR count). The van der Waals surface area contributed by atoms with E-state index in [2.05, 4.69) is 70.1 Å². The van der Waals surface area contributed by atoms with Gasteiger partial charge in [0.1, 0.15) is 6.10 Å².